The van der Waals surface area contributed by atoms with E-state index < -0.39 is 0 Å². The second kappa shape index (κ2) is 7.91. The van der Waals surface area contributed by atoms with Gasteiger partial charge in [-0.15, -0.1) is 11.3 Å². The molecule has 0 aliphatic heterocycles. The molecule has 0 fully saturated rings. The van der Waals surface area contributed by atoms with Gasteiger partial charge in [0.05, 0.1) is 15.6 Å². The van der Waals surface area contributed by atoms with Crippen molar-refractivity contribution >= 4 is 57.7 Å². The van der Waals surface area contributed by atoms with Crippen LogP contribution in [0, 0.1) is 0 Å². The fraction of sp³-hybridized carbons (Fsp3) is 0.0526. The third-order valence-corrected chi connectivity index (χ3v) is 5.19. The third kappa shape index (κ3) is 4.43. The monoisotopic (exact) mass is 404 g/mol. The highest BCUT2D eigenvalue weighted by Gasteiger charge is 2.13. The normalized spacial score (nSPS) is 10.4. The lowest BCUT2D eigenvalue weighted by molar-refractivity contribution is -0.114. The predicted molar refractivity (Wildman–Crippen MR) is 108 cm³/mol. The number of hydrogen-bond acceptors (Lipinski definition) is 3. The van der Waals surface area contributed by atoms with Crippen molar-refractivity contribution in [2.45, 2.75) is 6.92 Å². The summed E-state index contributed by atoms with van der Waals surface area (Å²) in [6.07, 6.45) is 0. The molecule has 132 valence electrons. The number of rotatable bonds is 4. The maximum absolute atomic E-state index is 12.5. The Kier molecular flexibility index (Phi) is 5.61. The smallest absolute Gasteiger partial charge is 0.265 e. The minimum Gasteiger partial charge on any atom is -0.326 e. The highest BCUT2D eigenvalue weighted by atomic mass is 35.5. The largest absolute Gasteiger partial charge is 0.326 e. The molecule has 26 heavy (non-hydrogen) atoms. The fourth-order valence-corrected chi connectivity index (χ4v) is 3.57. The van der Waals surface area contributed by atoms with Gasteiger partial charge in [0, 0.05) is 22.5 Å². The lowest BCUT2D eigenvalue weighted by Gasteiger charge is -2.08. The summed E-state index contributed by atoms with van der Waals surface area (Å²) in [5, 5.41) is 6.44. The first-order valence-corrected chi connectivity index (χ1v) is 9.24. The summed E-state index contributed by atoms with van der Waals surface area (Å²) >= 11 is 13.5. The number of halogens is 2. The third-order valence-electron chi connectivity index (χ3n) is 3.50. The van der Waals surface area contributed by atoms with Crippen molar-refractivity contribution in [2.75, 3.05) is 10.6 Å². The second-order valence-electron chi connectivity index (χ2n) is 5.50. The van der Waals surface area contributed by atoms with Crippen molar-refractivity contribution < 1.29 is 9.59 Å². The maximum atomic E-state index is 12.5. The molecule has 0 aliphatic rings. The van der Waals surface area contributed by atoms with Crippen LogP contribution in [0.3, 0.4) is 0 Å². The number of carbonyl (C=O) groups is 2. The average Bonchev–Trinajstić information content (AvgIpc) is 3.07. The molecular formula is C19H14Cl2N2O2S. The molecule has 0 radical (unpaired) electrons. The molecule has 2 aromatic carbocycles. The van der Waals surface area contributed by atoms with Crippen LogP contribution in [0.1, 0.15) is 16.6 Å². The molecule has 4 nitrogen and oxygen atoms in total. The summed E-state index contributed by atoms with van der Waals surface area (Å²) in [6, 6.07) is 16.0. The Morgan fingerprint density at radius 2 is 1.65 bits per heavy atom. The quantitative estimate of drug-likeness (QED) is 0.565. The van der Waals surface area contributed by atoms with Gasteiger partial charge in [0.15, 0.2) is 0 Å². The van der Waals surface area contributed by atoms with Crippen molar-refractivity contribution in [3.05, 3.63) is 69.5 Å². The molecule has 1 heterocycles. The van der Waals surface area contributed by atoms with E-state index in [1.807, 2.05) is 30.3 Å². The zero-order valence-corrected chi connectivity index (χ0v) is 16.0. The second-order valence-corrected chi connectivity index (χ2v) is 7.43. The zero-order chi connectivity index (χ0) is 18.7. The first-order chi connectivity index (χ1) is 12.4. The maximum Gasteiger partial charge on any atom is 0.265 e. The van der Waals surface area contributed by atoms with Gasteiger partial charge in [0.25, 0.3) is 5.91 Å². The van der Waals surface area contributed by atoms with Gasteiger partial charge in [-0.25, -0.2) is 0 Å². The van der Waals surface area contributed by atoms with Gasteiger partial charge in [0.2, 0.25) is 5.91 Å². The van der Waals surface area contributed by atoms with E-state index in [0.29, 0.717) is 26.3 Å². The van der Waals surface area contributed by atoms with E-state index in [1.54, 1.807) is 24.3 Å². The Bertz CT molecular complexity index is 968. The molecular weight excluding hydrogens is 391 g/mol. The summed E-state index contributed by atoms with van der Waals surface area (Å²) in [5.74, 6) is -0.435. The molecule has 2 amide bonds. The fourth-order valence-electron chi connectivity index (χ4n) is 2.31. The molecule has 0 saturated carbocycles. The predicted octanol–water partition coefficient (Wildman–Crippen LogP) is 5.93. The van der Waals surface area contributed by atoms with Crippen LogP contribution < -0.4 is 10.6 Å². The Hall–Kier alpha value is -2.34. The molecule has 0 atom stereocenters. The molecule has 0 spiro atoms. The van der Waals surface area contributed by atoms with Crippen LogP contribution in [0.15, 0.2) is 54.6 Å². The summed E-state index contributed by atoms with van der Waals surface area (Å²) in [7, 11) is 0. The Morgan fingerprint density at radius 1 is 0.923 bits per heavy atom. The van der Waals surface area contributed by atoms with E-state index >= 15 is 0 Å². The van der Waals surface area contributed by atoms with Crippen LogP contribution in [-0.2, 0) is 4.79 Å². The Morgan fingerprint density at radius 3 is 2.31 bits per heavy atom. The van der Waals surface area contributed by atoms with Crippen LogP contribution in [-0.4, -0.2) is 11.8 Å². The number of hydrogen-bond donors (Lipinski definition) is 2. The first kappa shape index (κ1) is 18.5. The zero-order valence-electron chi connectivity index (χ0n) is 13.7. The van der Waals surface area contributed by atoms with Crippen molar-refractivity contribution in [3.63, 3.8) is 0 Å². The molecule has 0 unspecified atom stereocenters. The molecule has 0 bridgehead atoms. The minimum atomic E-state index is -0.246. The number of carbonyl (C=O) groups excluding carboxylic acids is 2. The lowest BCUT2D eigenvalue weighted by atomic mass is 10.2. The first-order valence-electron chi connectivity index (χ1n) is 7.66. The SMILES string of the molecule is CC(=O)Nc1ccc(NC(=O)c2ccc(-c3ccc(Cl)cc3)s2)c(Cl)c1. The summed E-state index contributed by atoms with van der Waals surface area (Å²) in [4.78, 5) is 25.1. The van der Waals surface area contributed by atoms with Crippen LogP contribution in [0.25, 0.3) is 10.4 Å². The molecule has 1 aromatic heterocycles. The van der Waals surface area contributed by atoms with Gasteiger partial charge < -0.3 is 10.6 Å². The number of nitrogens with one attached hydrogen (secondary N) is 2. The minimum absolute atomic E-state index is 0.189. The highest BCUT2D eigenvalue weighted by Crippen LogP contribution is 2.31. The van der Waals surface area contributed by atoms with E-state index in [0.717, 1.165) is 10.4 Å². The molecule has 3 rings (SSSR count). The van der Waals surface area contributed by atoms with Crippen LogP contribution in [0.2, 0.25) is 10.0 Å². The molecule has 3 aromatic rings. The van der Waals surface area contributed by atoms with Crippen molar-refractivity contribution in [3.8, 4) is 10.4 Å². The number of benzene rings is 2. The summed E-state index contributed by atoms with van der Waals surface area (Å²) < 4.78 is 0. The van der Waals surface area contributed by atoms with Crippen LogP contribution in [0.4, 0.5) is 11.4 Å². The number of amides is 2. The van der Waals surface area contributed by atoms with E-state index in [1.165, 1.54) is 18.3 Å². The van der Waals surface area contributed by atoms with Gasteiger partial charge in [-0.05, 0) is 48.0 Å². The topological polar surface area (TPSA) is 58.2 Å². The van der Waals surface area contributed by atoms with Crippen LogP contribution in [0.5, 0.6) is 0 Å². The van der Waals surface area contributed by atoms with E-state index in [4.69, 9.17) is 23.2 Å². The van der Waals surface area contributed by atoms with Crippen LogP contribution >= 0.6 is 34.5 Å². The average molecular weight is 405 g/mol. The van der Waals surface area contributed by atoms with Gasteiger partial charge in [-0.3, -0.25) is 9.59 Å². The summed E-state index contributed by atoms with van der Waals surface area (Å²) in [5.41, 5.74) is 2.05. The lowest BCUT2D eigenvalue weighted by Crippen LogP contribution is -2.11. The molecule has 0 aliphatic carbocycles. The highest BCUT2D eigenvalue weighted by molar-refractivity contribution is 7.17. The number of thiophene rings is 1. The van der Waals surface area contributed by atoms with Gasteiger partial charge in [-0.2, -0.15) is 0 Å². The van der Waals surface area contributed by atoms with E-state index in [-0.39, 0.29) is 11.8 Å². The van der Waals surface area contributed by atoms with E-state index in [2.05, 4.69) is 10.6 Å². The Balaban J connectivity index is 1.74. The van der Waals surface area contributed by atoms with Gasteiger partial charge >= 0.3 is 0 Å². The number of anilines is 2. The van der Waals surface area contributed by atoms with Gasteiger partial charge in [-0.1, -0.05) is 35.3 Å². The van der Waals surface area contributed by atoms with E-state index in [9.17, 15) is 9.59 Å². The van der Waals surface area contributed by atoms with Gasteiger partial charge in [0.1, 0.15) is 0 Å². The van der Waals surface area contributed by atoms with Crippen molar-refractivity contribution in [1.82, 2.24) is 0 Å². The molecule has 0 saturated heterocycles. The van der Waals surface area contributed by atoms with Crippen molar-refractivity contribution in [2.24, 2.45) is 0 Å². The summed E-state index contributed by atoms with van der Waals surface area (Å²) in [6.45, 7) is 1.42. The standard InChI is InChI=1S/C19H14Cl2N2O2S/c1-11(24)22-14-6-7-16(15(21)10-14)23-19(25)18-9-8-17(26-18)12-2-4-13(20)5-3-12/h2-10H,1H3,(H,22,24)(H,23,25). The van der Waals surface area contributed by atoms with Crippen molar-refractivity contribution in [1.29, 1.82) is 0 Å². The molecule has 2 N–H and O–H groups in total. The Labute approximate surface area is 164 Å². The molecule has 7 heteroatoms.